The number of sulfonamides is 1. The quantitative estimate of drug-likeness (QED) is 0.562. The van der Waals surface area contributed by atoms with Crippen LogP contribution in [0.3, 0.4) is 0 Å². The van der Waals surface area contributed by atoms with Gasteiger partial charge >= 0.3 is 0 Å². The van der Waals surface area contributed by atoms with Crippen molar-refractivity contribution in [3.05, 3.63) is 54.1 Å². The first kappa shape index (κ1) is 25.6. The molecule has 0 aliphatic carbocycles. The fourth-order valence-corrected chi connectivity index (χ4v) is 4.86. The monoisotopic (exact) mass is 487 g/mol. The molecule has 0 unspecified atom stereocenters. The summed E-state index contributed by atoms with van der Waals surface area (Å²) in [6, 6.07) is 12.5. The second kappa shape index (κ2) is 11.4. The van der Waals surface area contributed by atoms with Gasteiger partial charge in [0.05, 0.1) is 11.5 Å². The summed E-state index contributed by atoms with van der Waals surface area (Å²) < 4.78 is 33.3. The molecule has 1 aliphatic rings. The van der Waals surface area contributed by atoms with Gasteiger partial charge in [0.2, 0.25) is 5.91 Å². The fraction of sp³-hybridized carbons (Fsp3) is 0.440. The van der Waals surface area contributed by atoms with Crippen LogP contribution in [0.4, 0.5) is 5.69 Å². The summed E-state index contributed by atoms with van der Waals surface area (Å²) in [6.07, 6.45) is 1.95. The summed E-state index contributed by atoms with van der Waals surface area (Å²) >= 11 is 0. The van der Waals surface area contributed by atoms with Gasteiger partial charge in [-0.25, -0.2) is 8.42 Å². The first-order valence-electron chi connectivity index (χ1n) is 11.6. The van der Waals surface area contributed by atoms with Gasteiger partial charge in [0.25, 0.3) is 15.9 Å². The molecule has 0 aromatic heterocycles. The Hall–Kier alpha value is -3.07. The molecule has 0 atom stereocenters. The van der Waals surface area contributed by atoms with Crippen LogP contribution < -0.4 is 14.8 Å². The van der Waals surface area contributed by atoms with Gasteiger partial charge in [-0.1, -0.05) is 13.8 Å². The maximum absolute atomic E-state index is 12.7. The summed E-state index contributed by atoms with van der Waals surface area (Å²) in [4.78, 5) is 26.8. The maximum atomic E-state index is 12.7. The van der Waals surface area contributed by atoms with Crippen LogP contribution >= 0.6 is 0 Å². The van der Waals surface area contributed by atoms with Crippen molar-refractivity contribution < 1.29 is 22.7 Å². The van der Waals surface area contributed by atoms with Crippen LogP contribution in [0.2, 0.25) is 0 Å². The number of nitrogens with zero attached hydrogens (tertiary/aromatic N) is 1. The smallest absolute Gasteiger partial charge is 0.261 e. The molecule has 2 aromatic rings. The predicted octanol–water partition coefficient (Wildman–Crippen LogP) is 3.65. The lowest BCUT2D eigenvalue weighted by Crippen LogP contribution is -2.46. The normalized spacial score (nSPS) is 14.6. The number of likely N-dealkylation sites (tertiary alicyclic amines) is 1. The lowest BCUT2D eigenvalue weighted by Gasteiger charge is -2.32. The van der Waals surface area contributed by atoms with E-state index in [4.69, 9.17) is 4.74 Å². The van der Waals surface area contributed by atoms with Crippen molar-refractivity contribution in [1.29, 1.82) is 0 Å². The molecule has 0 saturated carbocycles. The van der Waals surface area contributed by atoms with E-state index in [1.54, 1.807) is 24.3 Å². The summed E-state index contributed by atoms with van der Waals surface area (Å²) in [6.45, 7) is 7.72. The highest BCUT2D eigenvalue weighted by atomic mass is 32.2. The molecule has 184 valence electrons. The summed E-state index contributed by atoms with van der Waals surface area (Å²) in [5.41, 5.74) is 0.807. The first-order valence-corrected chi connectivity index (χ1v) is 13.1. The lowest BCUT2D eigenvalue weighted by atomic mass is 10.0. The topological polar surface area (TPSA) is 105 Å². The van der Waals surface area contributed by atoms with Crippen LogP contribution in [0.25, 0.3) is 0 Å². The Morgan fingerprint density at radius 1 is 1.03 bits per heavy atom. The minimum Gasteiger partial charge on any atom is -0.494 e. The van der Waals surface area contributed by atoms with E-state index in [1.807, 2.05) is 25.7 Å². The molecular formula is C25H33N3O5S. The van der Waals surface area contributed by atoms with Crippen LogP contribution in [0, 0.1) is 5.92 Å². The standard InChI is InChI=1S/C25H33N3O5S/c1-4-33-22-9-7-21(8-10-22)27-34(31,32)23-11-5-19(6-12-23)25(30)26-20-13-15-28(16-14-20)24(29)17-18(2)3/h5-12,18,20,27H,4,13-17H2,1-3H3,(H,26,30). The van der Waals surface area contributed by atoms with Gasteiger partial charge in [-0.3, -0.25) is 14.3 Å². The Balaban J connectivity index is 1.54. The molecule has 9 heteroatoms. The summed E-state index contributed by atoms with van der Waals surface area (Å²) in [5, 5.41) is 3.00. The van der Waals surface area contributed by atoms with E-state index in [2.05, 4.69) is 10.0 Å². The van der Waals surface area contributed by atoms with Crippen molar-refractivity contribution in [3.8, 4) is 5.75 Å². The van der Waals surface area contributed by atoms with Crippen LogP contribution in [0.1, 0.15) is 50.4 Å². The number of amides is 2. The zero-order valence-corrected chi connectivity index (χ0v) is 20.7. The van der Waals surface area contributed by atoms with Crippen molar-refractivity contribution in [2.45, 2.75) is 51.0 Å². The van der Waals surface area contributed by atoms with Gasteiger partial charge in [-0.2, -0.15) is 0 Å². The molecular weight excluding hydrogens is 454 g/mol. The molecule has 1 heterocycles. The Bertz CT molecular complexity index is 1070. The number of ether oxygens (including phenoxy) is 1. The second-order valence-electron chi connectivity index (χ2n) is 8.81. The Kier molecular flexibility index (Phi) is 8.55. The molecule has 8 nitrogen and oxygen atoms in total. The molecule has 1 aliphatic heterocycles. The van der Waals surface area contributed by atoms with E-state index >= 15 is 0 Å². The van der Waals surface area contributed by atoms with Crippen molar-refractivity contribution in [1.82, 2.24) is 10.2 Å². The van der Waals surface area contributed by atoms with Gasteiger partial charge in [0.15, 0.2) is 0 Å². The number of carbonyl (C=O) groups excluding carboxylic acids is 2. The van der Waals surface area contributed by atoms with Crippen LogP contribution in [-0.2, 0) is 14.8 Å². The van der Waals surface area contributed by atoms with Gasteiger partial charge in [0.1, 0.15) is 5.75 Å². The molecule has 2 aromatic carbocycles. The molecule has 34 heavy (non-hydrogen) atoms. The molecule has 0 bridgehead atoms. The highest BCUT2D eigenvalue weighted by Gasteiger charge is 2.24. The highest BCUT2D eigenvalue weighted by Crippen LogP contribution is 2.20. The molecule has 2 N–H and O–H groups in total. The Morgan fingerprint density at radius 3 is 2.21 bits per heavy atom. The third-order valence-corrected chi connectivity index (χ3v) is 7.01. The van der Waals surface area contributed by atoms with Gasteiger partial charge < -0.3 is 15.0 Å². The number of benzene rings is 2. The number of piperidine rings is 1. The van der Waals surface area contributed by atoms with Gasteiger partial charge in [-0.15, -0.1) is 0 Å². The minimum atomic E-state index is -3.79. The van der Waals surface area contributed by atoms with Gasteiger partial charge in [-0.05, 0) is 74.2 Å². The zero-order valence-electron chi connectivity index (χ0n) is 19.9. The fourth-order valence-electron chi connectivity index (χ4n) is 3.81. The predicted molar refractivity (Wildman–Crippen MR) is 131 cm³/mol. The summed E-state index contributed by atoms with van der Waals surface area (Å²) in [7, 11) is -3.79. The zero-order chi connectivity index (χ0) is 24.7. The maximum Gasteiger partial charge on any atom is 0.261 e. The van der Waals surface area contributed by atoms with E-state index in [1.165, 1.54) is 24.3 Å². The molecule has 1 saturated heterocycles. The third kappa shape index (κ3) is 6.96. The number of hydrogen-bond acceptors (Lipinski definition) is 5. The molecule has 3 rings (SSSR count). The van der Waals surface area contributed by atoms with Crippen molar-refractivity contribution >= 4 is 27.5 Å². The van der Waals surface area contributed by atoms with Crippen molar-refractivity contribution in [2.24, 2.45) is 5.92 Å². The third-order valence-electron chi connectivity index (χ3n) is 5.61. The number of nitrogens with one attached hydrogen (secondary N) is 2. The first-order chi connectivity index (χ1) is 16.2. The number of hydrogen-bond donors (Lipinski definition) is 2. The van der Waals surface area contributed by atoms with Gasteiger partial charge in [0, 0.05) is 36.8 Å². The van der Waals surface area contributed by atoms with Crippen LogP contribution in [-0.4, -0.2) is 50.9 Å². The van der Waals surface area contributed by atoms with E-state index in [9.17, 15) is 18.0 Å². The van der Waals surface area contributed by atoms with E-state index in [-0.39, 0.29) is 22.8 Å². The van der Waals surface area contributed by atoms with Crippen molar-refractivity contribution in [2.75, 3.05) is 24.4 Å². The summed E-state index contributed by atoms with van der Waals surface area (Å²) in [5.74, 6) is 0.896. The highest BCUT2D eigenvalue weighted by molar-refractivity contribution is 7.92. The van der Waals surface area contributed by atoms with E-state index in [0.29, 0.717) is 61.9 Å². The molecule has 0 spiro atoms. The Morgan fingerprint density at radius 2 is 1.65 bits per heavy atom. The average molecular weight is 488 g/mol. The molecule has 2 amide bonds. The largest absolute Gasteiger partial charge is 0.494 e. The SMILES string of the molecule is CCOc1ccc(NS(=O)(=O)c2ccc(C(=O)NC3CCN(C(=O)CC(C)C)CC3)cc2)cc1. The van der Waals surface area contributed by atoms with Crippen LogP contribution in [0.5, 0.6) is 5.75 Å². The lowest BCUT2D eigenvalue weighted by molar-refractivity contribution is -0.133. The van der Waals surface area contributed by atoms with E-state index in [0.717, 1.165) is 0 Å². The number of carbonyl (C=O) groups is 2. The molecule has 1 fully saturated rings. The Labute approximate surface area is 201 Å². The average Bonchev–Trinajstić information content (AvgIpc) is 2.80. The van der Waals surface area contributed by atoms with Crippen molar-refractivity contribution in [3.63, 3.8) is 0 Å². The van der Waals surface area contributed by atoms with Crippen LogP contribution in [0.15, 0.2) is 53.4 Å². The second-order valence-corrected chi connectivity index (χ2v) is 10.5. The number of rotatable bonds is 9. The number of anilines is 1. The molecule has 0 radical (unpaired) electrons. The van der Waals surface area contributed by atoms with E-state index < -0.39 is 10.0 Å². The minimum absolute atomic E-state index is 0.0136.